The Morgan fingerprint density at radius 3 is 2.27 bits per heavy atom. The van der Waals surface area contributed by atoms with Crippen molar-refractivity contribution >= 4 is 21.8 Å². The van der Waals surface area contributed by atoms with Gasteiger partial charge in [-0.3, -0.25) is 14.5 Å². The third kappa shape index (κ3) is 6.14. The van der Waals surface area contributed by atoms with Crippen molar-refractivity contribution in [3.63, 3.8) is 0 Å². The smallest absolute Gasteiger partial charge is 0.264 e. The number of carbonyl (C=O) groups excluding carboxylic acids is 2. The van der Waals surface area contributed by atoms with Gasteiger partial charge in [0.25, 0.3) is 5.91 Å². The molecule has 1 aliphatic rings. The Labute approximate surface area is 177 Å². The van der Waals surface area contributed by atoms with E-state index in [-0.39, 0.29) is 17.5 Å². The Morgan fingerprint density at radius 1 is 1.00 bits per heavy atom. The number of hydrogen-bond donors (Lipinski definition) is 1. The number of hydrogen-bond acceptors (Lipinski definition) is 5. The number of sulfonamides is 1. The van der Waals surface area contributed by atoms with Gasteiger partial charge in [0.1, 0.15) is 0 Å². The van der Waals surface area contributed by atoms with Gasteiger partial charge in [0.05, 0.1) is 6.26 Å². The Morgan fingerprint density at radius 2 is 1.67 bits per heavy atom. The molecule has 0 aliphatic carbocycles. The summed E-state index contributed by atoms with van der Waals surface area (Å²) in [5, 5.41) is 0. The average Bonchev–Trinajstić information content (AvgIpc) is 2.68. The van der Waals surface area contributed by atoms with Crippen LogP contribution in [-0.2, 0) is 27.8 Å². The van der Waals surface area contributed by atoms with Gasteiger partial charge in [-0.25, -0.2) is 13.1 Å². The Kier molecular flexibility index (Phi) is 6.89. The van der Waals surface area contributed by atoms with Crippen LogP contribution in [-0.4, -0.2) is 62.0 Å². The van der Waals surface area contributed by atoms with Gasteiger partial charge in [0.2, 0.25) is 15.9 Å². The second kappa shape index (κ2) is 9.40. The van der Waals surface area contributed by atoms with E-state index in [1.54, 1.807) is 19.1 Å². The molecular weight excluding hydrogens is 402 g/mol. The lowest BCUT2D eigenvalue weighted by atomic mass is 10.00. The quantitative estimate of drug-likeness (QED) is 0.755. The molecule has 2 aromatic carbocycles. The molecule has 30 heavy (non-hydrogen) atoms. The first-order valence-electron chi connectivity index (χ1n) is 9.86. The topological polar surface area (TPSA) is 86.8 Å². The van der Waals surface area contributed by atoms with Crippen molar-refractivity contribution in [3.8, 4) is 0 Å². The van der Waals surface area contributed by atoms with Gasteiger partial charge in [0, 0.05) is 44.7 Å². The molecule has 0 radical (unpaired) electrons. The molecule has 0 aromatic heterocycles. The SMILES string of the molecule is CC(=O)N1CCN(Cc2ccccc2)C[C@H]1Cc1ccc(C(=O)NS(C)(=O)=O)cc1. The van der Waals surface area contributed by atoms with E-state index in [1.165, 1.54) is 5.56 Å². The standard InChI is InChI=1S/C22H27N3O4S/c1-17(26)25-13-12-24(15-19-6-4-3-5-7-19)16-21(25)14-18-8-10-20(11-9-18)22(27)23-30(2,28)29/h3-11,21H,12-16H2,1-2H3,(H,23,27)/t21-/m1/s1. The summed E-state index contributed by atoms with van der Waals surface area (Å²) in [4.78, 5) is 28.4. The lowest BCUT2D eigenvalue weighted by Gasteiger charge is -2.41. The van der Waals surface area contributed by atoms with Crippen LogP contribution in [0.5, 0.6) is 0 Å². The third-order valence-electron chi connectivity index (χ3n) is 5.19. The zero-order chi connectivity index (χ0) is 21.7. The summed E-state index contributed by atoms with van der Waals surface area (Å²) >= 11 is 0. The number of amides is 2. The molecule has 3 rings (SSSR count). The van der Waals surface area contributed by atoms with E-state index in [0.717, 1.165) is 31.5 Å². The van der Waals surface area contributed by atoms with Gasteiger partial charge in [-0.05, 0) is 29.7 Å². The number of carbonyl (C=O) groups is 2. The van der Waals surface area contributed by atoms with Gasteiger partial charge in [0.15, 0.2) is 0 Å². The molecule has 160 valence electrons. The summed E-state index contributed by atoms with van der Waals surface area (Å²) in [7, 11) is -3.60. The van der Waals surface area contributed by atoms with Gasteiger partial charge < -0.3 is 4.90 Å². The van der Waals surface area contributed by atoms with E-state index in [1.807, 2.05) is 40.0 Å². The number of benzene rings is 2. The van der Waals surface area contributed by atoms with Crippen molar-refractivity contribution in [2.24, 2.45) is 0 Å². The predicted octanol–water partition coefficient (Wildman–Crippen LogP) is 1.65. The molecule has 8 heteroatoms. The van der Waals surface area contributed by atoms with Gasteiger partial charge in [-0.15, -0.1) is 0 Å². The third-order valence-corrected chi connectivity index (χ3v) is 5.74. The lowest BCUT2D eigenvalue weighted by Crippen LogP contribution is -2.55. The fraction of sp³-hybridized carbons (Fsp3) is 0.364. The monoisotopic (exact) mass is 429 g/mol. The highest BCUT2D eigenvalue weighted by molar-refractivity contribution is 7.89. The van der Waals surface area contributed by atoms with E-state index in [4.69, 9.17) is 0 Å². The molecule has 1 N–H and O–H groups in total. The van der Waals surface area contributed by atoms with E-state index < -0.39 is 15.9 Å². The molecule has 2 aromatic rings. The predicted molar refractivity (Wildman–Crippen MR) is 115 cm³/mol. The largest absolute Gasteiger partial charge is 0.337 e. The summed E-state index contributed by atoms with van der Waals surface area (Å²) in [6.07, 6.45) is 1.61. The van der Waals surface area contributed by atoms with E-state index >= 15 is 0 Å². The average molecular weight is 430 g/mol. The molecule has 0 unspecified atom stereocenters. The molecule has 0 spiro atoms. The van der Waals surface area contributed by atoms with Crippen molar-refractivity contribution in [1.29, 1.82) is 0 Å². The minimum atomic E-state index is -3.60. The van der Waals surface area contributed by atoms with Crippen molar-refractivity contribution in [1.82, 2.24) is 14.5 Å². The highest BCUT2D eigenvalue weighted by Gasteiger charge is 2.28. The number of piperazine rings is 1. The van der Waals surface area contributed by atoms with E-state index in [2.05, 4.69) is 17.0 Å². The minimum Gasteiger partial charge on any atom is -0.337 e. The van der Waals surface area contributed by atoms with Crippen LogP contribution in [0.2, 0.25) is 0 Å². The lowest BCUT2D eigenvalue weighted by molar-refractivity contribution is -0.133. The normalized spacial score (nSPS) is 17.5. The van der Waals surface area contributed by atoms with Crippen LogP contribution in [0.1, 0.15) is 28.4 Å². The highest BCUT2D eigenvalue weighted by Crippen LogP contribution is 2.18. The van der Waals surface area contributed by atoms with Crippen LogP contribution in [0.4, 0.5) is 0 Å². The van der Waals surface area contributed by atoms with Gasteiger partial charge in [-0.2, -0.15) is 0 Å². The first-order valence-corrected chi connectivity index (χ1v) is 11.7. The molecule has 7 nitrogen and oxygen atoms in total. The van der Waals surface area contributed by atoms with Crippen LogP contribution in [0.15, 0.2) is 54.6 Å². The molecule has 1 fully saturated rings. The van der Waals surface area contributed by atoms with Crippen molar-refractivity contribution < 1.29 is 18.0 Å². The Balaban J connectivity index is 1.68. The molecule has 1 heterocycles. The number of nitrogens with zero attached hydrogens (tertiary/aromatic N) is 2. The molecule has 1 saturated heterocycles. The number of rotatable bonds is 6. The molecular formula is C22H27N3O4S. The second-order valence-corrected chi connectivity index (χ2v) is 9.44. The Hall–Kier alpha value is -2.71. The van der Waals surface area contributed by atoms with Crippen molar-refractivity contribution in [2.75, 3.05) is 25.9 Å². The summed E-state index contributed by atoms with van der Waals surface area (Å²) in [6.45, 7) is 4.72. The van der Waals surface area contributed by atoms with Crippen molar-refractivity contribution in [3.05, 3.63) is 71.3 Å². The summed E-state index contributed by atoms with van der Waals surface area (Å²) < 4.78 is 24.4. The van der Waals surface area contributed by atoms with Crippen LogP contribution in [0.3, 0.4) is 0 Å². The summed E-state index contributed by atoms with van der Waals surface area (Å²) in [5.41, 5.74) is 2.51. The molecule has 2 amide bonds. The highest BCUT2D eigenvalue weighted by atomic mass is 32.2. The fourth-order valence-electron chi connectivity index (χ4n) is 3.79. The molecule has 1 atom stereocenters. The van der Waals surface area contributed by atoms with Gasteiger partial charge >= 0.3 is 0 Å². The summed E-state index contributed by atoms with van der Waals surface area (Å²) in [5.74, 6) is -0.593. The van der Waals surface area contributed by atoms with E-state index in [9.17, 15) is 18.0 Å². The minimum absolute atomic E-state index is 0.0376. The zero-order valence-corrected chi connectivity index (χ0v) is 18.1. The maximum absolute atomic E-state index is 12.1. The molecule has 1 aliphatic heterocycles. The summed E-state index contributed by atoms with van der Waals surface area (Å²) in [6, 6.07) is 17.1. The van der Waals surface area contributed by atoms with Crippen LogP contribution < -0.4 is 4.72 Å². The first kappa shape index (κ1) is 22.0. The molecule has 0 saturated carbocycles. The fourth-order valence-corrected chi connectivity index (χ4v) is 4.24. The number of nitrogens with one attached hydrogen (secondary N) is 1. The van der Waals surface area contributed by atoms with Crippen LogP contribution in [0, 0.1) is 0 Å². The van der Waals surface area contributed by atoms with Crippen molar-refractivity contribution in [2.45, 2.75) is 25.9 Å². The maximum atomic E-state index is 12.1. The van der Waals surface area contributed by atoms with Gasteiger partial charge in [-0.1, -0.05) is 42.5 Å². The van der Waals surface area contributed by atoms with Crippen LogP contribution >= 0.6 is 0 Å². The Bertz CT molecular complexity index is 991. The first-order chi connectivity index (χ1) is 14.2. The van der Waals surface area contributed by atoms with E-state index in [0.29, 0.717) is 13.0 Å². The maximum Gasteiger partial charge on any atom is 0.264 e. The molecule has 0 bridgehead atoms. The zero-order valence-electron chi connectivity index (χ0n) is 17.2. The second-order valence-electron chi connectivity index (χ2n) is 7.69. The van der Waals surface area contributed by atoms with Crippen LogP contribution in [0.25, 0.3) is 0 Å².